The Morgan fingerprint density at radius 1 is 1.43 bits per heavy atom. The van der Waals surface area contributed by atoms with Crippen LogP contribution in [0.3, 0.4) is 0 Å². The standard InChI is InChI=1S/C10H12N2OS/c1-6-12-8-4-9(13-3)7(11-2)5-10(8)14-6/h4-5,11H,1-3H3. The van der Waals surface area contributed by atoms with E-state index in [1.54, 1.807) is 18.4 Å². The van der Waals surface area contributed by atoms with Crippen LogP contribution >= 0.6 is 11.3 Å². The monoisotopic (exact) mass is 208 g/mol. The first-order chi connectivity index (χ1) is 6.74. The lowest BCUT2D eigenvalue weighted by atomic mass is 10.2. The van der Waals surface area contributed by atoms with Crippen molar-refractivity contribution in [3.63, 3.8) is 0 Å². The van der Waals surface area contributed by atoms with Crippen LogP contribution in [0, 0.1) is 6.92 Å². The third-order valence-electron chi connectivity index (χ3n) is 2.09. The molecule has 0 unspecified atom stereocenters. The average molecular weight is 208 g/mol. The molecule has 0 spiro atoms. The molecule has 0 bridgehead atoms. The van der Waals surface area contributed by atoms with Gasteiger partial charge in [-0.2, -0.15) is 0 Å². The van der Waals surface area contributed by atoms with Gasteiger partial charge in [0.2, 0.25) is 0 Å². The third-order valence-corrected chi connectivity index (χ3v) is 3.02. The Hall–Kier alpha value is -1.29. The summed E-state index contributed by atoms with van der Waals surface area (Å²) in [5, 5.41) is 4.18. The van der Waals surface area contributed by atoms with Crippen molar-refractivity contribution in [2.45, 2.75) is 6.92 Å². The molecule has 14 heavy (non-hydrogen) atoms. The zero-order chi connectivity index (χ0) is 10.1. The Morgan fingerprint density at radius 2 is 2.21 bits per heavy atom. The number of hydrogen-bond acceptors (Lipinski definition) is 4. The second kappa shape index (κ2) is 3.46. The smallest absolute Gasteiger partial charge is 0.144 e. The summed E-state index contributed by atoms with van der Waals surface area (Å²) in [7, 11) is 3.55. The third kappa shape index (κ3) is 1.42. The van der Waals surface area contributed by atoms with Gasteiger partial charge in [-0.25, -0.2) is 4.98 Å². The van der Waals surface area contributed by atoms with Crippen LogP contribution in [-0.2, 0) is 0 Å². The van der Waals surface area contributed by atoms with Gasteiger partial charge in [0.25, 0.3) is 0 Å². The van der Waals surface area contributed by atoms with Gasteiger partial charge in [0.1, 0.15) is 5.75 Å². The van der Waals surface area contributed by atoms with Gasteiger partial charge < -0.3 is 10.1 Å². The molecule has 1 heterocycles. The summed E-state index contributed by atoms with van der Waals surface area (Å²) in [5.74, 6) is 0.838. The van der Waals surface area contributed by atoms with Crippen LogP contribution in [0.2, 0.25) is 0 Å². The largest absolute Gasteiger partial charge is 0.495 e. The van der Waals surface area contributed by atoms with E-state index >= 15 is 0 Å². The molecule has 2 aromatic rings. The molecule has 0 saturated carbocycles. The summed E-state index contributed by atoms with van der Waals surface area (Å²) < 4.78 is 6.44. The first-order valence-electron chi connectivity index (χ1n) is 4.37. The normalized spacial score (nSPS) is 10.5. The molecule has 0 amide bonds. The zero-order valence-electron chi connectivity index (χ0n) is 8.42. The molecule has 2 rings (SSSR count). The van der Waals surface area contributed by atoms with Crippen LogP contribution in [-0.4, -0.2) is 19.1 Å². The maximum atomic E-state index is 5.26. The molecular formula is C10H12N2OS. The average Bonchev–Trinajstić information content (AvgIpc) is 2.54. The van der Waals surface area contributed by atoms with Crippen LogP contribution in [0.5, 0.6) is 5.75 Å². The minimum absolute atomic E-state index is 0.838. The van der Waals surface area contributed by atoms with E-state index in [1.807, 2.05) is 20.0 Å². The predicted molar refractivity (Wildman–Crippen MR) is 60.5 cm³/mol. The van der Waals surface area contributed by atoms with E-state index in [4.69, 9.17) is 4.74 Å². The van der Waals surface area contributed by atoms with Crippen LogP contribution < -0.4 is 10.1 Å². The van der Waals surface area contributed by atoms with Gasteiger partial charge in [-0.3, -0.25) is 0 Å². The number of aryl methyl sites for hydroxylation is 1. The maximum absolute atomic E-state index is 5.26. The van der Waals surface area contributed by atoms with Gasteiger partial charge in [0.05, 0.1) is 28.0 Å². The van der Waals surface area contributed by atoms with Gasteiger partial charge in [-0.1, -0.05) is 0 Å². The maximum Gasteiger partial charge on any atom is 0.144 e. The van der Waals surface area contributed by atoms with Gasteiger partial charge >= 0.3 is 0 Å². The predicted octanol–water partition coefficient (Wildman–Crippen LogP) is 2.66. The van der Waals surface area contributed by atoms with Crippen molar-refractivity contribution in [2.24, 2.45) is 0 Å². The molecule has 1 N–H and O–H groups in total. The number of anilines is 1. The minimum Gasteiger partial charge on any atom is -0.495 e. The number of aromatic nitrogens is 1. The highest BCUT2D eigenvalue weighted by molar-refractivity contribution is 7.18. The minimum atomic E-state index is 0.838. The van der Waals surface area contributed by atoms with Crippen molar-refractivity contribution in [2.75, 3.05) is 19.5 Å². The van der Waals surface area contributed by atoms with Gasteiger partial charge in [-0.15, -0.1) is 11.3 Å². The van der Waals surface area contributed by atoms with E-state index in [1.165, 1.54) is 4.70 Å². The van der Waals surface area contributed by atoms with E-state index < -0.39 is 0 Å². The summed E-state index contributed by atoms with van der Waals surface area (Å²) in [5.41, 5.74) is 2.01. The van der Waals surface area contributed by atoms with Crippen LogP contribution in [0.15, 0.2) is 12.1 Å². The van der Waals surface area contributed by atoms with Gasteiger partial charge in [0.15, 0.2) is 0 Å². The number of methoxy groups -OCH3 is 1. The van der Waals surface area contributed by atoms with E-state index in [0.29, 0.717) is 0 Å². The number of nitrogens with zero attached hydrogens (tertiary/aromatic N) is 1. The molecule has 3 nitrogen and oxygen atoms in total. The number of rotatable bonds is 2. The second-order valence-corrected chi connectivity index (χ2v) is 4.24. The lowest BCUT2D eigenvalue weighted by Gasteiger charge is -2.06. The van der Waals surface area contributed by atoms with Crippen molar-refractivity contribution in [3.8, 4) is 5.75 Å². The highest BCUT2D eigenvalue weighted by Gasteiger charge is 2.06. The number of benzene rings is 1. The lowest BCUT2D eigenvalue weighted by Crippen LogP contribution is -1.92. The van der Waals surface area contributed by atoms with Crippen molar-refractivity contribution >= 4 is 27.2 Å². The van der Waals surface area contributed by atoms with Crippen LogP contribution in [0.4, 0.5) is 5.69 Å². The fraction of sp³-hybridized carbons (Fsp3) is 0.300. The first kappa shape index (κ1) is 9.27. The van der Waals surface area contributed by atoms with Crippen LogP contribution in [0.1, 0.15) is 5.01 Å². The highest BCUT2D eigenvalue weighted by atomic mass is 32.1. The first-order valence-corrected chi connectivity index (χ1v) is 5.19. The molecule has 1 aromatic heterocycles. The summed E-state index contributed by atoms with van der Waals surface area (Å²) in [6.45, 7) is 2.01. The molecule has 4 heteroatoms. The highest BCUT2D eigenvalue weighted by Crippen LogP contribution is 2.32. The van der Waals surface area contributed by atoms with E-state index in [2.05, 4.69) is 16.4 Å². The molecule has 0 fully saturated rings. The van der Waals surface area contributed by atoms with Crippen molar-refractivity contribution in [1.29, 1.82) is 0 Å². The summed E-state index contributed by atoms with van der Waals surface area (Å²) in [6.07, 6.45) is 0. The van der Waals surface area contributed by atoms with Crippen molar-refractivity contribution < 1.29 is 4.74 Å². The molecule has 0 atom stereocenters. The Bertz CT molecular complexity index is 423. The molecule has 0 radical (unpaired) electrons. The SMILES string of the molecule is CNc1cc2sc(C)nc2cc1OC. The van der Waals surface area contributed by atoms with Crippen molar-refractivity contribution in [1.82, 2.24) is 4.98 Å². The molecule has 0 saturated heterocycles. The molecule has 0 aliphatic carbocycles. The Morgan fingerprint density at radius 3 is 2.86 bits per heavy atom. The number of hydrogen-bond donors (Lipinski definition) is 1. The number of ether oxygens (including phenoxy) is 1. The summed E-state index contributed by atoms with van der Waals surface area (Å²) >= 11 is 1.69. The topological polar surface area (TPSA) is 34.2 Å². The number of thiazole rings is 1. The molecule has 74 valence electrons. The van der Waals surface area contributed by atoms with E-state index in [9.17, 15) is 0 Å². The Labute approximate surface area is 86.7 Å². The zero-order valence-corrected chi connectivity index (χ0v) is 9.23. The van der Waals surface area contributed by atoms with Crippen molar-refractivity contribution in [3.05, 3.63) is 17.1 Å². The number of nitrogens with one attached hydrogen (secondary N) is 1. The van der Waals surface area contributed by atoms with Gasteiger partial charge in [-0.05, 0) is 13.0 Å². The molecule has 1 aromatic carbocycles. The second-order valence-electron chi connectivity index (χ2n) is 3.00. The number of fused-ring (bicyclic) bond motifs is 1. The van der Waals surface area contributed by atoms with E-state index in [-0.39, 0.29) is 0 Å². The fourth-order valence-corrected chi connectivity index (χ4v) is 2.28. The van der Waals surface area contributed by atoms with Crippen LogP contribution in [0.25, 0.3) is 10.2 Å². The molecule has 0 aliphatic rings. The lowest BCUT2D eigenvalue weighted by molar-refractivity contribution is 0.417. The van der Waals surface area contributed by atoms with E-state index in [0.717, 1.165) is 22.0 Å². The molecular weight excluding hydrogens is 196 g/mol. The summed E-state index contributed by atoms with van der Waals surface area (Å²) in [6, 6.07) is 4.03. The Kier molecular flexibility index (Phi) is 2.29. The Balaban J connectivity index is 2.68. The van der Waals surface area contributed by atoms with Gasteiger partial charge in [0, 0.05) is 13.1 Å². The molecule has 0 aliphatic heterocycles. The quantitative estimate of drug-likeness (QED) is 0.823. The summed E-state index contributed by atoms with van der Waals surface area (Å²) in [4.78, 5) is 4.41. The fourth-order valence-electron chi connectivity index (χ4n) is 1.43.